The van der Waals surface area contributed by atoms with Crippen LogP contribution in [0.2, 0.25) is 0 Å². The number of ether oxygens (including phenoxy) is 2. The van der Waals surface area contributed by atoms with Crippen LogP contribution < -0.4 is 15.2 Å². The van der Waals surface area contributed by atoms with E-state index >= 15 is 0 Å². The van der Waals surface area contributed by atoms with Gasteiger partial charge in [-0.2, -0.15) is 0 Å². The molecule has 3 heterocycles. The molecule has 0 amide bonds. The lowest BCUT2D eigenvalue weighted by Crippen LogP contribution is -2.49. The summed E-state index contributed by atoms with van der Waals surface area (Å²) in [4.78, 5) is 21.2. The minimum absolute atomic E-state index is 0.129. The molecule has 194 valence electrons. The number of anilines is 1. The van der Waals surface area contributed by atoms with Gasteiger partial charge in [0.25, 0.3) is 5.56 Å². The average molecular weight is 504 g/mol. The molecule has 1 fully saturated rings. The number of pyridine rings is 1. The number of aromatic amines is 1. The van der Waals surface area contributed by atoms with Crippen LogP contribution in [0, 0.1) is 0 Å². The summed E-state index contributed by atoms with van der Waals surface area (Å²) in [5.74, 6) is 1.49. The third kappa shape index (κ3) is 5.07. The number of H-pyrrole nitrogens is 1. The molecule has 4 aromatic rings. The van der Waals surface area contributed by atoms with Gasteiger partial charge in [-0.05, 0) is 58.1 Å². The fraction of sp³-hybridized carbons (Fsp3) is 0.407. The molecule has 10 heteroatoms. The van der Waals surface area contributed by atoms with E-state index in [1.54, 1.807) is 18.9 Å². The van der Waals surface area contributed by atoms with Crippen LogP contribution in [0.1, 0.15) is 29.9 Å². The number of aromatic nitrogens is 5. The average Bonchev–Trinajstić information content (AvgIpc) is 3.40. The van der Waals surface area contributed by atoms with Crippen molar-refractivity contribution >= 4 is 16.6 Å². The normalized spacial score (nSPS) is 15.3. The molecule has 10 nitrogen and oxygen atoms in total. The number of hydrogen-bond acceptors (Lipinski definition) is 8. The van der Waals surface area contributed by atoms with E-state index in [4.69, 9.17) is 9.47 Å². The Bertz CT molecular complexity index is 1410. The lowest BCUT2D eigenvalue weighted by atomic mass is 10.0. The predicted molar refractivity (Wildman–Crippen MR) is 142 cm³/mol. The fourth-order valence-electron chi connectivity index (χ4n) is 5.05. The first-order valence-corrected chi connectivity index (χ1v) is 12.7. The van der Waals surface area contributed by atoms with Crippen molar-refractivity contribution in [2.24, 2.45) is 0 Å². The Balaban J connectivity index is 1.52. The van der Waals surface area contributed by atoms with Crippen LogP contribution in [0.3, 0.4) is 0 Å². The van der Waals surface area contributed by atoms with Crippen LogP contribution in [0.5, 0.6) is 5.75 Å². The second-order valence-corrected chi connectivity index (χ2v) is 9.18. The van der Waals surface area contributed by atoms with E-state index in [1.165, 1.54) is 5.56 Å². The summed E-state index contributed by atoms with van der Waals surface area (Å²) in [6.07, 6.45) is 0.925. The highest BCUT2D eigenvalue weighted by Crippen LogP contribution is 2.32. The Labute approximate surface area is 215 Å². The molecule has 1 N–H and O–H groups in total. The smallest absolute Gasteiger partial charge is 0.253 e. The standard InChI is InChI=1S/C27H33N7O3/c1-4-19-9-10-22-20(17-19)18-21(27(35)28-22)25(26-29-30-31-34(26)15-16-36-2)33-13-11-32(12-14-33)23-7-5-6-8-24(23)37-3/h5-10,17-18,25H,4,11-16H2,1-3H3,(H,28,35)/t25-/m0/s1. The molecule has 37 heavy (non-hydrogen) atoms. The van der Waals surface area contributed by atoms with Crippen LogP contribution in [-0.4, -0.2) is 77.1 Å². The number of hydrogen-bond donors (Lipinski definition) is 1. The molecule has 2 aromatic carbocycles. The van der Waals surface area contributed by atoms with E-state index in [2.05, 4.69) is 55.4 Å². The van der Waals surface area contributed by atoms with Crippen molar-refractivity contribution in [2.75, 3.05) is 51.9 Å². The van der Waals surface area contributed by atoms with Crippen LogP contribution in [0.15, 0.2) is 53.3 Å². The first-order valence-electron chi connectivity index (χ1n) is 12.7. The number of para-hydroxylation sites is 2. The Hall–Kier alpha value is -3.76. The van der Waals surface area contributed by atoms with Gasteiger partial charge in [-0.25, -0.2) is 4.68 Å². The molecule has 0 spiro atoms. The highest BCUT2D eigenvalue weighted by Gasteiger charge is 2.33. The van der Waals surface area contributed by atoms with E-state index in [1.807, 2.05) is 30.3 Å². The molecule has 0 bridgehead atoms. The summed E-state index contributed by atoms with van der Waals surface area (Å²) < 4.78 is 12.6. The van der Waals surface area contributed by atoms with Crippen LogP contribution in [0.4, 0.5) is 5.69 Å². The number of methoxy groups -OCH3 is 2. The van der Waals surface area contributed by atoms with Gasteiger partial charge in [0, 0.05) is 44.4 Å². The fourth-order valence-corrected chi connectivity index (χ4v) is 5.05. The maximum atomic E-state index is 13.4. The summed E-state index contributed by atoms with van der Waals surface area (Å²) in [6, 6.07) is 15.8. The zero-order chi connectivity index (χ0) is 25.8. The van der Waals surface area contributed by atoms with E-state index in [-0.39, 0.29) is 5.56 Å². The van der Waals surface area contributed by atoms with Crippen LogP contribution in [-0.2, 0) is 17.7 Å². The lowest BCUT2D eigenvalue weighted by Gasteiger charge is -2.40. The number of nitrogens with zero attached hydrogens (tertiary/aromatic N) is 6. The van der Waals surface area contributed by atoms with Crippen molar-refractivity contribution < 1.29 is 9.47 Å². The molecule has 1 aliphatic rings. The van der Waals surface area contributed by atoms with Gasteiger partial charge in [-0.3, -0.25) is 9.69 Å². The number of fused-ring (bicyclic) bond motifs is 1. The van der Waals surface area contributed by atoms with Crippen molar-refractivity contribution in [1.82, 2.24) is 30.1 Å². The van der Waals surface area contributed by atoms with Gasteiger partial charge in [-0.1, -0.05) is 25.1 Å². The number of nitrogens with one attached hydrogen (secondary N) is 1. The van der Waals surface area contributed by atoms with E-state index in [9.17, 15) is 4.79 Å². The topological polar surface area (TPSA) is 101 Å². The minimum atomic E-state index is -0.398. The van der Waals surface area contributed by atoms with Crippen LogP contribution in [0.25, 0.3) is 10.9 Å². The number of piperazine rings is 1. The molecule has 0 radical (unpaired) electrons. The summed E-state index contributed by atoms with van der Waals surface area (Å²) in [5, 5.41) is 13.6. The van der Waals surface area contributed by atoms with Crippen LogP contribution >= 0.6 is 0 Å². The Kier molecular flexibility index (Phi) is 7.47. The molecule has 5 rings (SSSR count). The Morgan fingerprint density at radius 2 is 1.86 bits per heavy atom. The Morgan fingerprint density at radius 1 is 1.05 bits per heavy atom. The van der Waals surface area contributed by atoms with Gasteiger partial charge in [-0.15, -0.1) is 5.10 Å². The molecule has 1 aliphatic heterocycles. The number of rotatable bonds is 9. The highest BCUT2D eigenvalue weighted by atomic mass is 16.5. The lowest BCUT2D eigenvalue weighted by molar-refractivity contribution is 0.171. The number of benzene rings is 2. The summed E-state index contributed by atoms with van der Waals surface area (Å²) >= 11 is 0. The zero-order valence-electron chi connectivity index (χ0n) is 21.6. The number of aryl methyl sites for hydroxylation is 1. The van der Waals surface area contributed by atoms with Gasteiger partial charge < -0.3 is 19.4 Å². The number of tetrazole rings is 1. The van der Waals surface area contributed by atoms with E-state index in [0.29, 0.717) is 24.5 Å². The van der Waals surface area contributed by atoms with Gasteiger partial charge in [0.05, 0.1) is 25.9 Å². The largest absolute Gasteiger partial charge is 0.495 e. The molecule has 0 unspecified atom stereocenters. The molecular formula is C27H33N7O3. The zero-order valence-corrected chi connectivity index (χ0v) is 21.6. The monoisotopic (exact) mass is 503 g/mol. The van der Waals surface area contributed by atoms with Crippen molar-refractivity contribution in [1.29, 1.82) is 0 Å². The quantitative estimate of drug-likeness (QED) is 0.372. The van der Waals surface area contributed by atoms with Crippen molar-refractivity contribution in [3.05, 3.63) is 75.8 Å². The molecule has 1 atom stereocenters. The molecular weight excluding hydrogens is 470 g/mol. The molecule has 0 saturated carbocycles. The maximum Gasteiger partial charge on any atom is 0.253 e. The SMILES string of the molecule is CCc1ccc2[nH]c(=O)c([C@@H](c3nnnn3CCOC)N3CCN(c4ccccc4OC)CC3)cc2c1. The first-order chi connectivity index (χ1) is 18.1. The van der Waals surface area contributed by atoms with E-state index in [0.717, 1.165) is 54.9 Å². The highest BCUT2D eigenvalue weighted by molar-refractivity contribution is 5.80. The first kappa shape index (κ1) is 24.9. The molecule has 1 saturated heterocycles. The minimum Gasteiger partial charge on any atom is -0.495 e. The van der Waals surface area contributed by atoms with Crippen molar-refractivity contribution in [3.63, 3.8) is 0 Å². The van der Waals surface area contributed by atoms with Crippen molar-refractivity contribution in [3.8, 4) is 5.75 Å². The van der Waals surface area contributed by atoms with Gasteiger partial charge in [0.1, 0.15) is 11.8 Å². The summed E-state index contributed by atoms with van der Waals surface area (Å²) in [6.45, 7) is 6.12. The second-order valence-electron chi connectivity index (χ2n) is 9.18. The molecule has 0 aliphatic carbocycles. The second kappa shape index (κ2) is 11.1. The van der Waals surface area contributed by atoms with Gasteiger partial charge in [0.2, 0.25) is 0 Å². The Morgan fingerprint density at radius 3 is 2.62 bits per heavy atom. The van der Waals surface area contributed by atoms with Gasteiger partial charge >= 0.3 is 0 Å². The maximum absolute atomic E-state index is 13.4. The third-order valence-corrected chi connectivity index (χ3v) is 7.06. The summed E-state index contributed by atoms with van der Waals surface area (Å²) in [7, 11) is 3.35. The predicted octanol–water partition coefficient (Wildman–Crippen LogP) is 2.64. The van der Waals surface area contributed by atoms with E-state index < -0.39 is 6.04 Å². The third-order valence-electron chi connectivity index (χ3n) is 7.06. The van der Waals surface area contributed by atoms with Gasteiger partial charge in [0.15, 0.2) is 5.82 Å². The molecule has 2 aromatic heterocycles. The summed E-state index contributed by atoms with van der Waals surface area (Å²) in [5.41, 5.74) is 3.62. The van der Waals surface area contributed by atoms with Crippen molar-refractivity contribution in [2.45, 2.75) is 25.9 Å².